The first-order chi connectivity index (χ1) is 31.5. The monoisotopic (exact) mass is 815 g/mol. The summed E-state index contributed by atoms with van der Waals surface area (Å²) in [6, 6.07) is 87.4. The van der Waals surface area contributed by atoms with E-state index in [1.165, 1.54) is 99.1 Å². The number of rotatable bonds is 7. The van der Waals surface area contributed by atoms with Crippen LogP contribution in [-0.4, -0.2) is 0 Å². The van der Waals surface area contributed by atoms with Gasteiger partial charge in [-0.05, 0) is 136 Å². The van der Waals surface area contributed by atoms with Gasteiger partial charge in [0.1, 0.15) is 0 Å². The quantitative estimate of drug-likeness (QED) is 0.145. The Morgan fingerprint density at radius 3 is 1.64 bits per heavy atom. The molecule has 1 aliphatic carbocycles. The van der Waals surface area contributed by atoms with Crippen LogP contribution in [0, 0.1) is 0 Å². The molecule has 11 aromatic rings. The van der Waals surface area contributed by atoms with Crippen LogP contribution < -0.4 is 4.90 Å². The Morgan fingerprint density at radius 2 is 0.859 bits per heavy atom. The van der Waals surface area contributed by atoms with E-state index >= 15 is 0 Å². The summed E-state index contributed by atoms with van der Waals surface area (Å²) in [5, 5.41) is 7.42. The summed E-state index contributed by atoms with van der Waals surface area (Å²) in [5.41, 5.74) is 18.1. The second-order valence-electron chi connectivity index (χ2n) is 17.6. The minimum atomic E-state index is -0.164. The third kappa shape index (κ3) is 6.15. The van der Waals surface area contributed by atoms with Gasteiger partial charge in [0.2, 0.25) is 0 Å². The molecule has 0 aliphatic heterocycles. The largest absolute Gasteiger partial charge is 0.310 e. The summed E-state index contributed by atoms with van der Waals surface area (Å²) in [7, 11) is 0. The zero-order valence-electron chi connectivity index (χ0n) is 36.0. The molecule has 0 saturated heterocycles. The van der Waals surface area contributed by atoms with E-state index in [4.69, 9.17) is 0 Å². The predicted molar refractivity (Wildman–Crippen MR) is 273 cm³/mol. The van der Waals surface area contributed by atoms with Crippen molar-refractivity contribution in [3.05, 3.63) is 248 Å². The van der Waals surface area contributed by atoms with Crippen LogP contribution in [0.3, 0.4) is 0 Å². The maximum Gasteiger partial charge on any atom is 0.0546 e. The smallest absolute Gasteiger partial charge is 0.0546 e. The Balaban J connectivity index is 1.14. The number of benzene rings is 11. The van der Waals surface area contributed by atoms with Gasteiger partial charge in [0.25, 0.3) is 0 Å². The van der Waals surface area contributed by atoms with E-state index in [9.17, 15) is 0 Å². The lowest BCUT2D eigenvalue weighted by molar-refractivity contribution is 0.660. The fourth-order valence-corrected chi connectivity index (χ4v) is 10.5. The average molecular weight is 816 g/mol. The van der Waals surface area contributed by atoms with Crippen LogP contribution in [0.4, 0.5) is 17.1 Å². The first kappa shape index (κ1) is 37.7. The summed E-state index contributed by atoms with van der Waals surface area (Å²) < 4.78 is 0. The van der Waals surface area contributed by atoms with E-state index in [1.807, 2.05) is 0 Å². The van der Waals surface area contributed by atoms with Crippen molar-refractivity contribution in [3.8, 4) is 55.6 Å². The van der Waals surface area contributed by atoms with E-state index in [-0.39, 0.29) is 5.41 Å². The molecule has 12 rings (SSSR count). The Labute approximate surface area is 375 Å². The van der Waals surface area contributed by atoms with Crippen molar-refractivity contribution in [2.24, 2.45) is 0 Å². The number of nitrogens with zero attached hydrogens (tertiary/aromatic N) is 1. The van der Waals surface area contributed by atoms with Crippen molar-refractivity contribution in [2.75, 3.05) is 4.90 Å². The second-order valence-corrected chi connectivity index (χ2v) is 17.6. The van der Waals surface area contributed by atoms with Crippen LogP contribution in [0.2, 0.25) is 0 Å². The van der Waals surface area contributed by atoms with Crippen molar-refractivity contribution in [1.29, 1.82) is 0 Å². The first-order valence-electron chi connectivity index (χ1n) is 22.3. The summed E-state index contributed by atoms with van der Waals surface area (Å²) in [4.78, 5) is 2.51. The van der Waals surface area contributed by atoms with Gasteiger partial charge in [-0.1, -0.05) is 208 Å². The molecule has 0 unspecified atom stereocenters. The van der Waals surface area contributed by atoms with Gasteiger partial charge in [-0.15, -0.1) is 0 Å². The summed E-state index contributed by atoms with van der Waals surface area (Å²) in [6.07, 6.45) is 0. The van der Waals surface area contributed by atoms with Crippen LogP contribution in [0.1, 0.15) is 25.0 Å². The topological polar surface area (TPSA) is 3.24 Å². The lowest BCUT2D eigenvalue weighted by Gasteiger charge is -2.31. The average Bonchev–Trinajstić information content (AvgIpc) is 3.59. The minimum absolute atomic E-state index is 0.164. The second kappa shape index (κ2) is 15.1. The van der Waals surface area contributed by atoms with Crippen LogP contribution in [0.15, 0.2) is 237 Å². The van der Waals surface area contributed by atoms with Crippen LogP contribution in [0.5, 0.6) is 0 Å². The fraction of sp³-hybridized carbons (Fsp3) is 0.0476. The zero-order valence-corrected chi connectivity index (χ0v) is 36.0. The molecule has 0 spiro atoms. The standard InChI is InChI=1S/C63H45N/c1-63(2)59-29-15-14-27-56(59)57-38-37-49(41-60(57)63)64(48-35-33-44(34-36-48)51-23-11-10-22-50(51)43-18-4-3-5-19-43)61-30-16-28-53(47-32-31-42-17-6-7-20-45(42)39-47)62(61)58-40-46-21-8-9-24-52(46)54-25-12-13-26-55(54)58/h3-41H,1-2H3. The Morgan fingerprint density at radius 1 is 0.297 bits per heavy atom. The van der Waals surface area contributed by atoms with Gasteiger partial charge in [-0.3, -0.25) is 0 Å². The SMILES string of the molecule is CC1(C)c2ccccc2-c2ccc(N(c3ccc(-c4ccccc4-c4ccccc4)cc3)c3cccc(-c4ccc5ccccc5c4)c3-c3cc4ccccc4c4ccccc34)cc21. The van der Waals surface area contributed by atoms with Gasteiger partial charge in [0, 0.05) is 22.4 Å². The molecule has 0 bridgehead atoms. The third-order valence-electron chi connectivity index (χ3n) is 13.7. The summed E-state index contributed by atoms with van der Waals surface area (Å²) in [6.45, 7) is 4.75. The number of anilines is 3. The zero-order chi connectivity index (χ0) is 42.8. The number of hydrogen-bond acceptors (Lipinski definition) is 1. The van der Waals surface area contributed by atoms with E-state index in [0.717, 1.165) is 17.1 Å². The molecule has 1 aliphatic rings. The molecule has 0 atom stereocenters. The molecule has 0 heterocycles. The van der Waals surface area contributed by atoms with Gasteiger partial charge in [-0.2, -0.15) is 0 Å². The van der Waals surface area contributed by atoms with Gasteiger partial charge in [-0.25, -0.2) is 0 Å². The lowest BCUT2D eigenvalue weighted by atomic mass is 9.82. The van der Waals surface area contributed by atoms with Crippen molar-refractivity contribution in [2.45, 2.75) is 19.3 Å². The van der Waals surface area contributed by atoms with Gasteiger partial charge < -0.3 is 4.90 Å². The predicted octanol–water partition coefficient (Wildman–Crippen LogP) is 17.6. The van der Waals surface area contributed by atoms with E-state index in [0.29, 0.717) is 0 Å². The molecule has 0 fully saturated rings. The molecule has 1 heteroatoms. The van der Waals surface area contributed by atoms with Crippen LogP contribution >= 0.6 is 0 Å². The molecular formula is C63H45N. The molecule has 11 aromatic carbocycles. The number of fused-ring (bicyclic) bond motifs is 7. The molecule has 0 amide bonds. The fourth-order valence-electron chi connectivity index (χ4n) is 10.5. The highest BCUT2D eigenvalue weighted by Gasteiger charge is 2.36. The minimum Gasteiger partial charge on any atom is -0.310 e. The molecule has 1 nitrogen and oxygen atoms in total. The van der Waals surface area contributed by atoms with E-state index in [1.54, 1.807) is 0 Å². The van der Waals surface area contributed by atoms with Gasteiger partial charge >= 0.3 is 0 Å². The van der Waals surface area contributed by atoms with Crippen molar-refractivity contribution in [3.63, 3.8) is 0 Å². The van der Waals surface area contributed by atoms with Gasteiger partial charge in [0.05, 0.1) is 5.69 Å². The summed E-state index contributed by atoms with van der Waals surface area (Å²) >= 11 is 0. The van der Waals surface area contributed by atoms with E-state index < -0.39 is 0 Å². The summed E-state index contributed by atoms with van der Waals surface area (Å²) in [5.74, 6) is 0. The highest BCUT2D eigenvalue weighted by molar-refractivity contribution is 6.17. The molecule has 0 radical (unpaired) electrons. The first-order valence-corrected chi connectivity index (χ1v) is 22.3. The van der Waals surface area contributed by atoms with Crippen molar-refractivity contribution < 1.29 is 0 Å². The maximum atomic E-state index is 2.51. The molecular weight excluding hydrogens is 771 g/mol. The molecule has 0 aromatic heterocycles. The Kier molecular flexibility index (Phi) is 8.91. The van der Waals surface area contributed by atoms with E-state index in [2.05, 4.69) is 255 Å². The molecule has 0 saturated carbocycles. The lowest BCUT2D eigenvalue weighted by Crippen LogP contribution is -2.17. The van der Waals surface area contributed by atoms with Gasteiger partial charge in [0.15, 0.2) is 0 Å². The maximum absolute atomic E-state index is 2.51. The highest BCUT2D eigenvalue weighted by atomic mass is 15.1. The Bertz CT molecular complexity index is 3580. The Hall–Kier alpha value is -8.00. The van der Waals surface area contributed by atoms with Crippen LogP contribution in [-0.2, 0) is 5.41 Å². The molecule has 0 N–H and O–H groups in total. The molecule has 302 valence electrons. The number of hydrogen-bond donors (Lipinski definition) is 0. The highest BCUT2D eigenvalue weighted by Crippen LogP contribution is 2.53. The molecule has 64 heavy (non-hydrogen) atoms. The van der Waals surface area contributed by atoms with Crippen LogP contribution in [0.25, 0.3) is 88.0 Å². The van der Waals surface area contributed by atoms with Crippen molar-refractivity contribution >= 4 is 49.4 Å². The van der Waals surface area contributed by atoms with Crippen molar-refractivity contribution in [1.82, 2.24) is 0 Å². The third-order valence-corrected chi connectivity index (χ3v) is 13.7. The normalized spacial score (nSPS) is 12.7.